The first-order chi connectivity index (χ1) is 10.5. The number of aromatic nitrogens is 1. The number of nitrogens with zero attached hydrogens (tertiary/aromatic N) is 1. The van der Waals surface area contributed by atoms with Gasteiger partial charge in [0, 0.05) is 25.4 Å². The van der Waals surface area contributed by atoms with E-state index in [-0.39, 0.29) is 11.3 Å². The highest BCUT2D eigenvalue weighted by Gasteiger charge is 2.27. The van der Waals surface area contributed by atoms with Crippen LogP contribution in [0.1, 0.15) is 39.2 Å². The minimum atomic E-state index is -0.179. The first-order valence-corrected chi connectivity index (χ1v) is 7.55. The van der Waals surface area contributed by atoms with Crippen LogP contribution in [0, 0.1) is 6.92 Å². The molecule has 3 rings (SSSR count). The van der Waals surface area contributed by atoms with Crippen molar-refractivity contribution < 1.29 is 4.79 Å². The van der Waals surface area contributed by atoms with E-state index in [2.05, 4.69) is 4.98 Å². The maximum absolute atomic E-state index is 13.1. The molecule has 2 aromatic rings. The number of benzene rings is 1. The second-order valence-electron chi connectivity index (χ2n) is 6.08. The maximum Gasteiger partial charge on any atom is 0.272 e. The molecule has 0 unspecified atom stereocenters. The zero-order valence-corrected chi connectivity index (χ0v) is 13.2. The van der Waals surface area contributed by atoms with Gasteiger partial charge >= 0.3 is 0 Å². The van der Waals surface area contributed by atoms with Crippen molar-refractivity contribution in [3.05, 3.63) is 62.6 Å². The lowest BCUT2D eigenvalue weighted by Gasteiger charge is -2.19. The van der Waals surface area contributed by atoms with Crippen LogP contribution in [0.3, 0.4) is 0 Å². The highest BCUT2D eigenvalue weighted by atomic mass is 16.1. The minimum Gasteiger partial charge on any atom is -0.373 e. The first-order valence-electron chi connectivity index (χ1n) is 7.55. The molecule has 1 aliphatic rings. The summed E-state index contributed by atoms with van der Waals surface area (Å²) in [5, 5.41) is 0. The number of rotatable bonds is 3. The smallest absolute Gasteiger partial charge is 0.272 e. The molecule has 0 fully saturated rings. The lowest BCUT2D eigenvalue weighted by molar-refractivity contribution is 0.103. The zero-order chi connectivity index (χ0) is 15.9. The predicted molar refractivity (Wildman–Crippen MR) is 88.0 cm³/mol. The van der Waals surface area contributed by atoms with Crippen LogP contribution in [-0.4, -0.2) is 24.9 Å². The van der Waals surface area contributed by atoms with Crippen molar-refractivity contribution in [2.45, 2.75) is 26.2 Å². The van der Waals surface area contributed by atoms with Gasteiger partial charge in [0.05, 0.1) is 5.56 Å². The second kappa shape index (κ2) is 5.44. The molecule has 1 aromatic carbocycles. The van der Waals surface area contributed by atoms with Gasteiger partial charge in [-0.15, -0.1) is 0 Å². The zero-order valence-electron chi connectivity index (χ0n) is 13.2. The number of ketones is 1. The van der Waals surface area contributed by atoms with Crippen molar-refractivity contribution in [3.63, 3.8) is 0 Å². The van der Waals surface area contributed by atoms with Gasteiger partial charge in [-0.1, -0.05) is 23.8 Å². The highest BCUT2D eigenvalue weighted by Crippen LogP contribution is 2.29. The van der Waals surface area contributed by atoms with Crippen LogP contribution >= 0.6 is 0 Å². The number of fused-ring (bicyclic) bond motifs is 1. The highest BCUT2D eigenvalue weighted by molar-refractivity contribution is 6.13. The number of H-pyrrole nitrogens is 1. The fourth-order valence-electron chi connectivity index (χ4n) is 3.21. The Morgan fingerprint density at radius 3 is 2.68 bits per heavy atom. The Morgan fingerprint density at radius 2 is 2.00 bits per heavy atom. The molecule has 0 saturated heterocycles. The molecule has 0 saturated carbocycles. The summed E-state index contributed by atoms with van der Waals surface area (Å²) >= 11 is 0. The van der Waals surface area contributed by atoms with E-state index < -0.39 is 0 Å². The van der Waals surface area contributed by atoms with Crippen molar-refractivity contribution in [1.29, 1.82) is 0 Å². The van der Waals surface area contributed by atoms with E-state index in [0.29, 0.717) is 16.8 Å². The van der Waals surface area contributed by atoms with Crippen molar-refractivity contribution in [2.24, 2.45) is 0 Å². The van der Waals surface area contributed by atoms with E-state index in [1.807, 2.05) is 31.2 Å². The van der Waals surface area contributed by atoms with Gasteiger partial charge in [-0.25, -0.2) is 0 Å². The lowest BCUT2D eigenvalue weighted by Crippen LogP contribution is -2.27. The van der Waals surface area contributed by atoms with Crippen LogP contribution in [0.15, 0.2) is 29.1 Å². The molecule has 1 N–H and O–H groups in total. The Morgan fingerprint density at radius 1 is 1.23 bits per heavy atom. The number of pyridine rings is 1. The first kappa shape index (κ1) is 14.6. The number of carbonyl (C=O) groups is 1. The lowest BCUT2D eigenvalue weighted by atomic mass is 9.95. The van der Waals surface area contributed by atoms with Crippen LogP contribution in [0.2, 0.25) is 0 Å². The van der Waals surface area contributed by atoms with Gasteiger partial charge in [-0.3, -0.25) is 9.59 Å². The number of anilines is 1. The minimum absolute atomic E-state index is 0.0587. The van der Waals surface area contributed by atoms with Crippen LogP contribution in [0.4, 0.5) is 5.69 Å². The van der Waals surface area contributed by atoms with Crippen LogP contribution in [0.5, 0.6) is 0 Å². The summed E-state index contributed by atoms with van der Waals surface area (Å²) in [6, 6.07) is 7.54. The molecule has 1 aliphatic carbocycles. The molecule has 0 atom stereocenters. The van der Waals surface area contributed by atoms with Crippen LogP contribution in [-0.2, 0) is 12.8 Å². The SMILES string of the molecule is Cc1cccc(C(=O)c2c3c([nH]c(=O)c2N(C)C)CCC3)c1. The number of hydrogen-bond acceptors (Lipinski definition) is 3. The Kier molecular flexibility index (Phi) is 3.61. The molecular formula is C18H20N2O2. The quantitative estimate of drug-likeness (QED) is 0.885. The Bertz CT molecular complexity index is 803. The number of aryl methyl sites for hydroxylation is 2. The average molecular weight is 296 g/mol. The van der Waals surface area contributed by atoms with Gasteiger partial charge in [0.2, 0.25) is 0 Å². The van der Waals surface area contributed by atoms with E-state index in [1.54, 1.807) is 19.0 Å². The summed E-state index contributed by atoms with van der Waals surface area (Å²) in [4.78, 5) is 30.1. The Hall–Kier alpha value is -2.36. The molecule has 4 nitrogen and oxygen atoms in total. The molecule has 0 amide bonds. The molecule has 4 heteroatoms. The van der Waals surface area contributed by atoms with E-state index in [9.17, 15) is 9.59 Å². The summed E-state index contributed by atoms with van der Waals surface area (Å²) in [6.07, 6.45) is 2.67. The number of hydrogen-bond donors (Lipinski definition) is 1. The summed E-state index contributed by atoms with van der Waals surface area (Å²) in [5.41, 5.74) is 4.48. The number of nitrogens with one attached hydrogen (secondary N) is 1. The fraction of sp³-hybridized carbons (Fsp3) is 0.333. The molecule has 0 bridgehead atoms. The van der Waals surface area contributed by atoms with Crippen molar-refractivity contribution in [1.82, 2.24) is 4.98 Å². The standard InChI is InChI=1S/C18H20N2O2/c1-11-6-4-7-12(10-11)17(21)15-13-8-5-9-14(13)19-18(22)16(15)20(2)3/h4,6-7,10H,5,8-9H2,1-3H3,(H,19,22). The predicted octanol–water partition coefficient (Wildman–Crippen LogP) is 2.47. The van der Waals surface area contributed by atoms with E-state index in [4.69, 9.17) is 0 Å². The van der Waals surface area contributed by atoms with Crippen LogP contribution < -0.4 is 10.5 Å². The Balaban J connectivity index is 2.25. The van der Waals surface area contributed by atoms with Gasteiger partial charge in [0.15, 0.2) is 5.78 Å². The normalized spacial score (nSPS) is 13.0. The third-order valence-corrected chi connectivity index (χ3v) is 4.19. The topological polar surface area (TPSA) is 53.2 Å². The molecule has 0 spiro atoms. The molecule has 1 heterocycles. The van der Waals surface area contributed by atoms with Crippen molar-refractivity contribution in [2.75, 3.05) is 19.0 Å². The molecule has 22 heavy (non-hydrogen) atoms. The summed E-state index contributed by atoms with van der Waals surface area (Å²) in [7, 11) is 3.61. The van der Waals surface area contributed by atoms with E-state index >= 15 is 0 Å². The number of carbonyl (C=O) groups excluding carboxylic acids is 1. The summed E-state index contributed by atoms with van der Waals surface area (Å²) in [6.45, 7) is 1.96. The average Bonchev–Trinajstić information content (AvgIpc) is 2.92. The largest absolute Gasteiger partial charge is 0.373 e. The molecule has 0 radical (unpaired) electrons. The summed E-state index contributed by atoms with van der Waals surface area (Å²) < 4.78 is 0. The maximum atomic E-state index is 13.1. The third-order valence-electron chi connectivity index (χ3n) is 4.19. The third kappa shape index (κ3) is 2.34. The molecule has 1 aromatic heterocycles. The van der Waals surface area contributed by atoms with E-state index in [0.717, 1.165) is 36.1 Å². The van der Waals surface area contributed by atoms with Crippen LogP contribution in [0.25, 0.3) is 0 Å². The van der Waals surface area contributed by atoms with E-state index in [1.165, 1.54) is 0 Å². The number of aromatic amines is 1. The molecule has 114 valence electrons. The van der Waals surface area contributed by atoms with Gasteiger partial charge in [-0.2, -0.15) is 0 Å². The molecule has 0 aliphatic heterocycles. The van der Waals surface area contributed by atoms with Gasteiger partial charge in [-0.05, 0) is 37.8 Å². The Labute approximate surface area is 129 Å². The van der Waals surface area contributed by atoms with Crippen molar-refractivity contribution >= 4 is 11.5 Å². The van der Waals surface area contributed by atoms with Gasteiger partial charge < -0.3 is 9.88 Å². The van der Waals surface area contributed by atoms with Gasteiger partial charge in [0.25, 0.3) is 5.56 Å². The fourth-order valence-corrected chi connectivity index (χ4v) is 3.21. The van der Waals surface area contributed by atoms with Crippen molar-refractivity contribution in [3.8, 4) is 0 Å². The van der Waals surface area contributed by atoms with Gasteiger partial charge in [0.1, 0.15) is 5.69 Å². The second-order valence-corrected chi connectivity index (χ2v) is 6.08. The monoisotopic (exact) mass is 296 g/mol. The summed E-state index contributed by atoms with van der Waals surface area (Å²) in [5.74, 6) is -0.0587. The molecular weight excluding hydrogens is 276 g/mol.